The van der Waals surface area contributed by atoms with Gasteiger partial charge in [-0.2, -0.15) is 0 Å². The van der Waals surface area contributed by atoms with Crippen molar-refractivity contribution in [2.45, 2.75) is 71.7 Å². The number of hydrogen-bond donors (Lipinski definition) is 0. The van der Waals surface area contributed by atoms with E-state index < -0.39 is 5.60 Å². The minimum atomic E-state index is -0.966. The first kappa shape index (κ1) is 28.1. The Morgan fingerprint density at radius 3 is 2.25 bits per heavy atom. The smallest absolute Gasteiger partial charge is 0.338 e. The molecule has 0 fully saturated rings. The minimum absolute atomic E-state index is 0.187. The Hall–Kier alpha value is -1.96. The largest absolute Gasteiger partial charge is 0.469 e. The van der Waals surface area contributed by atoms with Crippen molar-refractivity contribution in [3.8, 4) is 0 Å². The molecule has 182 valence electrons. The monoisotopic (exact) mass is 451 g/mol. The molecule has 0 N–H and O–H groups in total. The lowest BCUT2D eigenvalue weighted by Crippen LogP contribution is -2.43. The fourth-order valence-electron chi connectivity index (χ4n) is 3.18. The molecular weight excluding hydrogens is 410 g/mol. The number of rotatable bonds is 17. The highest BCUT2D eigenvalue weighted by Crippen LogP contribution is 2.24. The predicted octanol–water partition coefficient (Wildman–Crippen LogP) is 3.99. The SMILES string of the molecule is CCC(C)OCCN(CCOC(=O)C(CC)(CC)OCc1ccccc1)CCC(=O)OC. The number of methoxy groups -OCH3 is 1. The molecule has 1 rings (SSSR count). The third-order valence-corrected chi connectivity index (χ3v) is 5.76. The summed E-state index contributed by atoms with van der Waals surface area (Å²) in [7, 11) is 1.38. The molecule has 0 bridgehead atoms. The van der Waals surface area contributed by atoms with Crippen molar-refractivity contribution in [3.05, 3.63) is 35.9 Å². The summed E-state index contributed by atoms with van der Waals surface area (Å²) in [6.45, 7) is 10.8. The number of hydrogen-bond acceptors (Lipinski definition) is 7. The second kappa shape index (κ2) is 15.8. The first-order valence-electron chi connectivity index (χ1n) is 11.7. The number of ether oxygens (including phenoxy) is 4. The van der Waals surface area contributed by atoms with Crippen LogP contribution in [0.2, 0.25) is 0 Å². The molecular formula is C25H41NO6. The molecule has 0 saturated heterocycles. The minimum Gasteiger partial charge on any atom is -0.469 e. The molecule has 7 heteroatoms. The Bertz CT molecular complexity index is 647. The molecule has 0 amide bonds. The van der Waals surface area contributed by atoms with Crippen LogP contribution in [0.4, 0.5) is 0 Å². The predicted molar refractivity (Wildman–Crippen MR) is 124 cm³/mol. The van der Waals surface area contributed by atoms with E-state index in [2.05, 4.69) is 11.8 Å². The van der Waals surface area contributed by atoms with Crippen LogP contribution in [0.5, 0.6) is 0 Å². The van der Waals surface area contributed by atoms with Crippen molar-refractivity contribution >= 4 is 11.9 Å². The Kier molecular flexibility index (Phi) is 13.8. The summed E-state index contributed by atoms with van der Waals surface area (Å²) in [5.74, 6) is -0.609. The van der Waals surface area contributed by atoms with E-state index in [9.17, 15) is 9.59 Å². The maximum Gasteiger partial charge on any atom is 0.338 e. The first-order chi connectivity index (χ1) is 15.4. The number of nitrogens with zero attached hydrogens (tertiary/aromatic N) is 1. The van der Waals surface area contributed by atoms with Gasteiger partial charge in [-0.1, -0.05) is 51.1 Å². The third kappa shape index (κ3) is 10.1. The van der Waals surface area contributed by atoms with Gasteiger partial charge in [-0.05, 0) is 31.7 Å². The summed E-state index contributed by atoms with van der Waals surface area (Å²) in [5.41, 5.74) is 0.0497. The first-order valence-corrected chi connectivity index (χ1v) is 11.7. The van der Waals surface area contributed by atoms with Crippen LogP contribution in [0.25, 0.3) is 0 Å². The number of esters is 2. The zero-order valence-corrected chi connectivity index (χ0v) is 20.4. The molecule has 0 aliphatic heterocycles. The van der Waals surface area contributed by atoms with Crippen LogP contribution in [-0.2, 0) is 35.1 Å². The Balaban J connectivity index is 2.60. The molecule has 0 heterocycles. The van der Waals surface area contributed by atoms with Crippen molar-refractivity contribution in [2.75, 3.05) is 40.0 Å². The number of carbonyl (C=O) groups excluding carboxylic acids is 2. The molecule has 32 heavy (non-hydrogen) atoms. The van der Waals surface area contributed by atoms with E-state index in [4.69, 9.17) is 18.9 Å². The van der Waals surface area contributed by atoms with E-state index in [0.717, 1.165) is 12.0 Å². The second-order valence-electron chi connectivity index (χ2n) is 7.87. The number of benzene rings is 1. The van der Waals surface area contributed by atoms with Gasteiger partial charge in [0.05, 0.1) is 32.8 Å². The molecule has 0 aromatic heterocycles. The molecule has 7 nitrogen and oxygen atoms in total. The van der Waals surface area contributed by atoms with Crippen LogP contribution in [0.3, 0.4) is 0 Å². The van der Waals surface area contributed by atoms with E-state index in [0.29, 0.717) is 45.7 Å². The summed E-state index contributed by atoms with van der Waals surface area (Å²) in [6.07, 6.45) is 2.47. The van der Waals surface area contributed by atoms with Crippen LogP contribution in [0.15, 0.2) is 30.3 Å². The average molecular weight is 452 g/mol. The lowest BCUT2D eigenvalue weighted by atomic mass is 9.97. The van der Waals surface area contributed by atoms with Crippen LogP contribution < -0.4 is 0 Å². The van der Waals surface area contributed by atoms with E-state index in [1.807, 2.05) is 51.1 Å². The van der Waals surface area contributed by atoms with Crippen molar-refractivity contribution in [3.63, 3.8) is 0 Å². The van der Waals surface area contributed by atoms with Gasteiger partial charge >= 0.3 is 11.9 Å². The summed E-state index contributed by atoms with van der Waals surface area (Å²) in [6, 6.07) is 9.80. The second-order valence-corrected chi connectivity index (χ2v) is 7.87. The standard InChI is InChI=1S/C25H41NO6/c1-6-21(4)30-18-16-26(15-14-23(27)29-5)17-19-31-24(28)25(7-2,8-3)32-20-22-12-10-9-11-13-22/h9-13,21H,6-8,14-20H2,1-5H3. The Labute approximate surface area is 193 Å². The van der Waals surface area contributed by atoms with E-state index in [1.54, 1.807) is 0 Å². The van der Waals surface area contributed by atoms with E-state index >= 15 is 0 Å². The lowest BCUT2D eigenvalue weighted by Gasteiger charge is -2.30. The van der Waals surface area contributed by atoms with Gasteiger partial charge in [0.2, 0.25) is 0 Å². The fourth-order valence-corrected chi connectivity index (χ4v) is 3.18. The van der Waals surface area contributed by atoms with Crippen molar-refractivity contribution in [1.82, 2.24) is 4.90 Å². The quantitative estimate of drug-likeness (QED) is 0.332. The van der Waals surface area contributed by atoms with Gasteiger partial charge in [0, 0.05) is 19.6 Å². The Morgan fingerprint density at radius 1 is 1.00 bits per heavy atom. The van der Waals surface area contributed by atoms with Crippen LogP contribution in [0, 0.1) is 0 Å². The highest BCUT2D eigenvalue weighted by molar-refractivity contribution is 5.79. The van der Waals surface area contributed by atoms with Crippen molar-refractivity contribution < 1.29 is 28.5 Å². The fraction of sp³-hybridized carbons (Fsp3) is 0.680. The molecule has 0 aliphatic rings. The lowest BCUT2D eigenvalue weighted by molar-refractivity contribution is -0.176. The van der Waals surface area contributed by atoms with Gasteiger partial charge in [0.1, 0.15) is 6.61 Å². The number of carbonyl (C=O) groups is 2. The normalized spacial score (nSPS) is 12.6. The average Bonchev–Trinajstić information content (AvgIpc) is 2.83. The van der Waals surface area contributed by atoms with Crippen molar-refractivity contribution in [2.24, 2.45) is 0 Å². The maximum absolute atomic E-state index is 12.9. The summed E-state index contributed by atoms with van der Waals surface area (Å²) >= 11 is 0. The Morgan fingerprint density at radius 2 is 1.66 bits per heavy atom. The highest BCUT2D eigenvalue weighted by atomic mass is 16.6. The van der Waals surface area contributed by atoms with Gasteiger partial charge in [-0.15, -0.1) is 0 Å². The molecule has 0 radical (unpaired) electrons. The maximum atomic E-state index is 12.9. The zero-order chi connectivity index (χ0) is 23.8. The summed E-state index contributed by atoms with van der Waals surface area (Å²) in [4.78, 5) is 26.5. The van der Waals surface area contributed by atoms with Gasteiger partial charge in [0.25, 0.3) is 0 Å². The molecule has 0 spiro atoms. The van der Waals surface area contributed by atoms with Gasteiger partial charge in [-0.3, -0.25) is 9.69 Å². The highest BCUT2D eigenvalue weighted by Gasteiger charge is 2.37. The molecule has 1 atom stereocenters. The van der Waals surface area contributed by atoms with Gasteiger partial charge in [0.15, 0.2) is 5.60 Å². The van der Waals surface area contributed by atoms with E-state index in [1.165, 1.54) is 7.11 Å². The van der Waals surface area contributed by atoms with E-state index in [-0.39, 0.29) is 31.1 Å². The van der Waals surface area contributed by atoms with Crippen LogP contribution in [-0.4, -0.2) is 68.5 Å². The zero-order valence-electron chi connectivity index (χ0n) is 20.4. The van der Waals surface area contributed by atoms with Gasteiger partial charge < -0.3 is 18.9 Å². The topological polar surface area (TPSA) is 74.3 Å². The molecule has 0 aliphatic carbocycles. The van der Waals surface area contributed by atoms with Crippen LogP contribution in [0.1, 0.15) is 58.9 Å². The van der Waals surface area contributed by atoms with Crippen molar-refractivity contribution in [1.29, 1.82) is 0 Å². The third-order valence-electron chi connectivity index (χ3n) is 5.76. The summed E-state index contributed by atoms with van der Waals surface area (Å²) in [5, 5.41) is 0. The molecule has 1 aromatic rings. The van der Waals surface area contributed by atoms with Gasteiger partial charge in [-0.25, -0.2) is 4.79 Å². The summed E-state index contributed by atoms with van der Waals surface area (Å²) < 4.78 is 22.2. The molecule has 1 unspecified atom stereocenters. The molecule has 0 saturated carbocycles. The molecule has 1 aromatic carbocycles. The van der Waals surface area contributed by atoms with Crippen LogP contribution >= 0.6 is 0 Å².